The van der Waals surface area contributed by atoms with Crippen molar-refractivity contribution in [3.05, 3.63) is 52.6 Å². The quantitative estimate of drug-likeness (QED) is 0.774. The van der Waals surface area contributed by atoms with Gasteiger partial charge in [0.25, 0.3) is 0 Å². The summed E-state index contributed by atoms with van der Waals surface area (Å²) in [6.07, 6.45) is 1.53. The maximum Gasteiger partial charge on any atom is 0.138 e. The van der Waals surface area contributed by atoms with Crippen LogP contribution in [0.5, 0.6) is 0 Å². The number of thiophene rings is 1. The molecule has 0 aliphatic heterocycles. The van der Waals surface area contributed by atoms with Crippen LogP contribution in [0.25, 0.3) is 10.2 Å². The first-order valence-corrected chi connectivity index (χ1v) is 7.35. The Balaban J connectivity index is 1.91. The van der Waals surface area contributed by atoms with E-state index in [9.17, 15) is 5.11 Å². The minimum Gasteiger partial charge on any atom is -0.394 e. The summed E-state index contributed by atoms with van der Waals surface area (Å²) in [7, 11) is 0. The number of rotatable bonds is 4. The Kier molecular flexibility index (Phi) is 3.82. The number of hydrogen-bond acceptors (Lipinski definition) is 5. The fourth-order valence-corrected chi connectivity index (χ4v) is 2.86. The molecule has 102 valence electrons. The molecular weight excluding hydrogens is 294 g/mol. The molecule has 6 heteroatoms. The molecule has 0 bridgehead atoms. The normalized spacial score (nSPS) is 12.5. The van der Waals surface area contributed by atoms with Crippen LogP contribution in [0.4, 0.5) is 5.82 Å². The van der Waals surface area contributed by atoms with Gasteiger partial charge >= 0.3 is 0 Å². The van der Waals surface area contributed by atoms with Crippen LogP contribution in [0.2, 0.25) is 5.02 Å². The van der Waals surface area contributed by atoms with Crippen molar-refractivity contribution in [1.82, 2.24) is 9.97 Å². The molecule has 0 aliphatic rings. The molecule has 0 spiro atoms. The summed E-state index contributed by atoms with van der Waals surface area (Å²) in [5, 5.41) is 16.5. The van der Waals surface area contributed by atoms with E-state index in [-0.39, 0.29) is 12.6 Å². The third-order valence-corrected chi connectivity index (χ3v) is 4.10. The maximum atomic E-state index is 9.60. The average Bonchev–Trinajstić information content (AvgIpc) is 2.95. The van der Waals surface area contributed by atoms with E-state index >= 15 is 0 Å². The van der Waals surface area contributed by atoms with E-state index in [4.69, 9.17) is 11.6 Å². The largest absolute Gasteiger partial charge is 0.394 e. The van der Waals surface area contributed by atoms with E-state index in [0.717, 1.165) is 21.6 Å². The lowest BCUT2D eigenvalue weighted by molar-refractivity contribution is 0.276. The summed E-state index contributed by atoms with van der Waals surface area (Å²) < 4.78 is 0. The number of aliphatic hydroxyl groups excluding tert-OH is 1. The number of aromatic nitrogens is 2. The molecule has 0 radical (unpaired) electrons. The Morgan fingerprint density at radius 2 is 2.00 bits per heavy atom. The molecule has 2 aromatic heterocycles. The molecule has 20 heavy (non-hydrogen) atoms. The van der Waals surface area contributed by atoms with Crippen LogP contribution >= 0.6 is 22.9 Å². The molecule has 0 saturated heterocycles. The van der Waals surface area contributed by atoms with Crippen LogP contribution in [-0.2, 0) is 0 Å². The van der Waals surface area contributed by atoms with Gasteiger partial charge in [0.05, 0.1) is 18.0 Å². The van der Waals surface area contributed by atoms with Gasteiger partial charge in [-0.05, 0) is 29.1 Å². The number of halogens is 1. The molecule has 0 fully saturated rings. The van der Waals surface area contributed by atoms with Crippen molar-refractivity contribution in [2.24, 2.45) is 0 Å². The van der Waals surface area contributed by atoms with E-state index in [0.29, 0.717) is 5.02 Å². The van der Waals surface area contributed by atoms with Crippen LogP contribution < -0.4 is 5.32 Å². The van der Waals surface area contributed by atoms with Gasteiger partial charge in [0.2, 0.25) is 0 Å². The first kappa shape index (κ1) is 13.3. The molecule has 0 saturated carbocycles. The molecule has 3 rings (SSSR count). The van der Waals surface area contributed by atoms with E-state index in [1.807, 2.05) is 23.6 Å². The van der Waals surface area contributed by atoms with E-state index in [2.05, 4.69) is 15.3 Å². The number of nitrogens with zero attached hydrogens (tertiary/aromatic N) is 2. The van der Waals surface area contributed by atoms with E-state index in [1.54, 1.807) is 23.5 Å². The Morgan fingerprint density at radius 3 is 2.75 bits per heavy atom. The lowest BCUT2D eigenvalue weighted by Gasteiger charge is -2.17. The smallest absolute Gasteiger partial charge is 0.138 e. The highest BCUT2D eigenvalue weighted by molar-refractivity contribution is 7.16. The summed E-state index contributed by atoms with van der Waals surface area (Å²) in [5.74, 6) is 0.727. The molecule has 1 atom stereocenters. The second-order valence-electron chi connectivity index (χ2n) is 4.29. The predicted octanol–water partition coefficient (Wildman–Crippen LogP) is 3.49. The standard InChI is InChI=1S/C14H12ClN3OS/c15-10-3-1-9(2-4-10)12(7-19)18-13-11-5-6-20-14(11)17-8-16-13/h1-6,8,12,19H,7H2,(H,16,17,18)/t12-/m0/s1. The van der Waals surface area contributed by atoms with Gasteiger partial charge in [0.15, 0.2) is 0 Å². The van der Waals surface area contributed by atoms with Gasteiger partial charge in [-0.1, -0.05) is 23.7 Å². The summed E-state index contributed by atoms with van der Waals surface area (Å²) >= 11 is 7.44. The molecule has 0 amide bonds. The van der Waals surface area contributed by atoms with Gasteiger partial charge in [-0.15, -0.1) is 11.3 Å². The van der Waals surface area contributed by atoms with Crippen molar-refractivity contribution in [3.8, 4) is 0 Å². The Labute approximate surface area is 125 Å². The van der Waals surface area contributed by atoms with Crippen LogP contribution in [0.1, 0.15) is 11.6 Å². The van der Waals surface area contributed by atoms with Gasteiger partial charge in [-0.25, -0.2) is 9.97 Å². The van der Waals surface area contributed by atoms with Gasteiger partial charge in [0.1, 0.15) is 17.0 Å². The van der Waals surface area contributed by atoms with Crippen molar-refractivity contribution in [2.75, 3.05) is 11.9 Å². The second-order valence-corrected chi connectivity index (χ2v) is 5.62. The minimum atomic E-state index is -0.231. The van der Waals surface area contributed by atoms with Crippen molar-refractivity contribution < 1.29 is 5.11 Å². The highest BCUT2D eigenvalue weighted by Crippen LogP contribution is 2.27. The zero-order valence-electron chi connectivity index (χ0n) is 10.5. The summed E-state index contributed by atoms with van der Waals surface area (Å²) in [6, 6.07) is 9.14. The van der Waals surface area contributed by atoms with E-state index in [1.165, 1.54) is 6.33 Å². The lowest BCUT2D eigenvalue weighted by atomic mass is 10.1. The zero-order valence-corrected chi connectivity index (χ0v) is 12.0. The summed E-state index contributed by atoms with van der Waals surface area (Å²) in [4.78, 5) is 9.39. The highest BCUT2D eigenvalue weighted by Gasteiger charge is 2.13. The van der Waals surface area contributed by atoms with Crippen molar-refractivity contribution in [1.29, 1.82) is 0 Å². The number of fused-ring (bicyclic) bond motifs is 1. The monoisotopic (exact) mass is 305 g/mol. The van der Waals surface area contributed by atoms with Crippen LogP contribution in [0, 0.1) is 0 Å². The second kappa shape index (κ2) is 5.75. The fraction of sp³-hybridized carbons (Fsp3) is 0.143. The van der Waals surface area contributed by atoms with Crippen molar-refractivity contribution in [3.63, 3.8) is 0 Å². The predicted molar refractivity (Wildman–Crippen MR) is 82.3 cm³/mol. The van der Waals surface area contributed by atoms with Gasteiger partial charge in [-0.3, -0.25) is 0 Å². The third-order valence-electron chi connectivity index (χ3n) is 3.03. The number of benzene rings is 1. The number of hydrogen-bond donors (Lipinski definition) is 2. The van der Waals surface area contributed by atoms with Gasteiger partial charge in [-0.2, -0.15) is 0 Å². The highest BCUT2D eigenvalue weighted by atomic mass is 35.5. The summed E-state index contributed by atoms with van der Waals surface area (Å²) in [6.45, 7) is -0.0305. The first-order chi connectivity index (χ1) is 9.78. The molecular formula is C14H12ClN3OS. The van der Waals surface area contributed by atoms with Crippen molar-refractivity contribution in [2.45, 2.75) is 6.04 Å². The molecule has 2 N–H and O–H groups in total. The van der Waals surface area contributed by atoms with Crippen molar-refractivity contribution >= 4 is 39.0 Å². The van der Waals surface area contributed by atoms with Crippen LogP contribution in [0.3, 0.4) is 0 Å². The molecule has 4 nitrogen and oxygen atoms in total. The molecule has 1 aromatic carbocycles. The molecule has 0 aliphatic carbocycles. The molecule has 0 unspecified atom stereocenters. The third kappa shape index (κ3) is 2.60. The van der Waals surface area contributed by atoms with Gasteiger partial charge in [0, 0.05) is 5.02 Å². The topological polar surface area (TPSA) is 58.0 Å². The number of anilines is 1. The Hall–Kier alpha value is -1.69. The van der Waals surface area contributed by atoms with E-state index < -0.39 is 0 Å². The number of aliphatic hydroxyl groups is 1. The Morgan fingerprint density at radius 1 is 1.20 bits per heavy atom. The SMILES string of the molecule is OC[C@H](Nc1ncnc2sccc12)c1ccc(Cl)cc1. The fourth-order valence-electron chi connectivity index (χ4n) is 2.00. The molecule has 3 aromatic rings. The molecule has 2 heterocycles. The first-order valence-electron chi connectivity index (χ1n) is 6.09. The minimum absolute atomic E-state index is 0.0305. The maximum absolute atomic E-state index is 9.60. The van der Waals surface area contributed by atoms with Gasteiger partial charge < -0.3 is 10.4 Å². The Bertz CT molecular complexity index is 714. The zero-order chi connectivity index (χ0) is 13.9. The summed E-state index contributed by atoms with van der Waals surface area (Å²) in [5.41, 5.74) is 0.957. The van der Waals surface area contributed by atoms with Crippen LogP contribution in [-0.4, -0.2) is 21.7 Å². The average molecular weight is 306 g/mol. The lowest BCUT2D eigenvalue weighted by Crippen LogP contribution is -2.15. The number of nitrogens with one attached hydrogen (secondary N) is 1. The van der Waals surface area contributed by atoms with Crippen LogP contribution in [0.15, 0.2) is 42.0 Å².